The number of aromatic nitrogens is 2. The van der Waals surface area contributed by atoms with Gasteiger partial charge in [0.15, 0.2) is 5.11 Å². The molecule has 238 valence electrons. The van der Waals surface area contributed by atoms with Gasteiger partial charge in [-0.25, -0.2) is 0 Å². The third-order valence-electron chi connectivity index (χ3n) is 9.58. The molecule has 3 aromatic carbocycles. The Balaban J connectivity index is 1.10. The number of rotatable bonds is 7. The maximum absolute atomic E-state index is 6.40. The Hall–Kier alpha value is -3.92. The number of nitrogens with zero attached hydrogens (tertiary/aromatic N) is 5. The largest absolute Gasteiger partial charge is 0.381 e. The Morgan fingerprint density at radius 2 is 1.48 bits per heavy atom. The molecule has 2 saturated heterocycles. The van der Waals surface area contributed by atoms with E-state index in [1.165, 1.54) is 22.4 Å². The average Bonchev–Trinajstić information content (AvgIpc) is 3.11. The van der Waals surface area contributed by atoms with E-state index in [9.17, 15) is 0 Å². The van der Waals surface area contributed by atoms with Crippen molar-refractivity contribution in [2.75, 3.05) is 72.5 Å². The zero-order valence-corrected chi connectivity index (χ0v) is 27.6. The van der Waals surface area contributed by atoms with Crippen molar-refractivity contribution in [3.8, 4) is 0 Å². The highest BCUT2D eigenvalue weighted by Gasteiger charge is 2.35. The maximum Gasteiger partial charge on any atom is 0.232 e. The minimum Gasteiger partial charge on any atom is -0.381 e. The summed E-state index contributed by atoms with van der Waals surface area (Å²) in [5.41, 5.74) is 5.11. The van der Waals surface area contributed by atoms with Crippen LogP contribution in [0.1, 0.15) is 29.5 Å². The van der Waals surface area contributed by atoms with Crippen LogP contribution in [0.2, 0.25) is 5.02 Å². The van der Waals surface area contributed by atoms with Crippen molar-refractivity contribution in [3.05, 3.63) is 107 Å². The third kappa shape index (κ3) is 6.92. The fraction of sp³-hybridized carbons (Fsp3) is 0.361. The Morgan fingerprint density at radius 1 is 0.783 bits per heavy atom. The van der Waals surface area contributed by atoms with Gasteiger partial charge < -0.3 is 30.1 Å². The summed E-state index contributed by atoms with van der Waals surface area (Å²) in [6.45, 7) is 7.42. The second-order valence-electron chi connectivity index (χ2n) is 12.4. The van der Waals surface area contributed by atoms with Gasteiger partial charge in [-0.1, -0.05) is 66.2 Å². The zero-order chi connectivity index (χ0) is 31.3. The first kappa shape index (κ1) is 30.7. The number of anilines is 4. The molecule has 3 aliphatic rings. The first-order valence-electron chi connectivity index (χ1n) is 16.2. The number of piperazine rings is 1. The number of fused-ring (bicyclic) bond motifs is 1. The van der Waals surface area contributed by atoms with Crippen molar-refractivity contribution in [2.45, 2.75) is 31.2 Å². The molecule has 0 bridgehead atoms. The lowest BCUT2D eigenvalue weighted by Gasteiger charge is -2.38. The van der Waals surface area contributed by atoms with Crippen LogP contribution in [0.5, 0.6) is 0 Å². The van der Waals surface area contributed by atoms with Crippen molar-refractivity contribution in [1.82, 2.24) is 15.3 Å². The molecule has 0 aliphatic carbocycles. The van der Waals surface area contributed by atoms with Gasteiger partial charge in [0.05, 0.1) is 0 Å². The predicted molar refractivity (Wildman–Crippen MR) is 192 cm³/mol. The summed E-state index contributed by atoms with van der Waals surface area (Å²) in [4.78, 5) is 17.2. The van der Waals surface area contributed by atoms with E-state index in [-0.39, 0.29) is 5.41 Å². The quantitative estimate of drug-likeness (QED) is 0.232. The highest BCUT2D eigenvalue weighted by Crippen LogP contribution is 2.35. The molecule has 4 heterocycles. The molecule has 0 atom stereocenters. The van der Waals surface area contributed by atoms with Gasteiger partial charge >= 0.3 is 0 Å². The smallest absolute Gasteiger partial charge is 0.232 e. The molecule has 0 saturated carbocycles. The number of hydrogen-bond acceptors (Lipinski definition) is 7. The SMILES string of the molecule is S=C(NCC1(c2cccc(Cl)c2)CCOCC1)Nc1nc(N2CCN(c3ccccc3)CC2)cc(N2CCc3ccccc3C2)n1. The van der Waals surface area contributed by atoms with Crippen molar-refractivity contribution < 1.29 is 4.74 Å². The van der Waals surface area contributed by atoms with Gasteiger partial charge in [0.1, 0.15) is 11.6 Å². The van der Waals surface area contributed by atoms with E-state index < -0.39 is 0 Å². The van der Waals surface area contributed by atoms with Crippen molar-refractivity contribution in [2.24, 2.45) is 0 Å². The van der Waals surface area contributed by atoms with Crippen molar-refractivity contribution in [3.63, 3.8) is 0 Å². The first-order chi connectivity index (χ1) is 22.5. The van der Waals surface area contributed by atoms with Gasteiger partial charge in [-0.15, -0.1) is 0 Å². The van der Waals surface area contributed by atoms with Gasteiger partial charge in [-0.3, -0.25) is 0 Å². The first-order valence-corrected chi connectivity index (χ1v) is 17.0. The standard InChI is InChI=1S/C36H40ClN7OS/c37-30-10-6-9-29(23-30)36(14-21-45-22-15-36)26-38-35(46)41-34-39-32(43-19-17-42(18-20-43)31-11-2-1-3-12-31)24-33(40-34)44-16-13-27-7-4-5-8-28(27)25-44/h1-12,23-24H,13-22,25-26H2,(H2,38,39,40,41,46). The molecule has 46 heavy (non-hydrogen) atoms. The van der Waals surface area contributed by atoms with E-state index in [0.29, 0.717) is 30.8 Å². The Kier molecular flexibility index (Phi) is 9.23. The molecule has 0 spiro atoms. The summed E-state index contributed by atoms with van der Waals surface area (Å²) in [5, 5.41) is 8.10. The lowest BCUT2D eigenvalue weighted by atomic mass is 9.74. The van der Waals surface area contributed by atoms with Crippen LogP contribution in [-0.2, 0) is 23.1 Å². The van der Waals surface area contributed by atoms with Crippen LogP contribution in [-0.4, -0.2) is 67.6 Å². The maximum atomic E-state index is 6.40. The van der Waals surface area contributed by atoms with E-state index in [1.54, 1.807) is 0 Å². The van der Waals surface area contributed by atoms with E-state index in [2.05, 4.69) is 98.1 Å². The van der Waals surface area contributed by atoms with Crippen molar-refractivity contribution >= 4 is 52.2 Å². The normalized spacial score (nSPS) is 17.7. The molecule has 2 fully saturated rings. The number of nitrogens with one attached hydrogen (secondary N) is 2. The number of para-hydroxylation sites is 1. The van der Waals surface area contributed by atoms with Gasteiger partial charge in [0, 0.05) is 81.2 Å². The molecule has 0 amide bonds. The average molecular weight is 654 g/mol. The summed E-state index contributed by atoms with van der Waals surface area (Å²) >= 11 is 12.3. The molecule has 4 aromatic rings. The van der Waals surface area contributed by atoms with Crippen molar-refractivity contribution in [1.29, 1.82) is 0 Å². The lowest BCUT2D eigenvalue weighted by molar-refractivity contribution is 0.0515. The molecular weight excluding hydrogens is 614 g/mol. The molecule has 0 radical (unpaired) electrons. The molecule has 10 heteroatoms. The highest BCUT2D eigenvalue weighted by molar-refractivity contribution is 7.80. The van der Waals surface area contributed by atoms with Crippen LogP contribution in [0.4, 0.5) is 23.3 Å². The summed E-state index contributed by atoms with van der Waals surface area (Å²) < 4.78 is 5.73. The summed E-state index contributed by atoms with van der Waals surface area (Å²) in [5.74, 6) is 2.34. The van der Waals surface area contributed by atoms with Crippen LogP contribution in [0.3, 0.4) is 0 Å². The second kappa shape index (κ2) is 13.8. The van der Waals surface area contributed by atoms with Crippen LogP contribution >= 0.6 is 23.8 Å². The number of hydrogen-bond donors (Lipinski definition) is 2. The molecular formula is C36H40ClN7OS. The van der Waals surface area contributed by atoms with Crippen LogP contribution in [0.15, 0.2) is 84.9 Å². The number of halogens is 1. The van der Waals surface area contributed by atoms with Gasteiger partial charge in [-0.2, -0.15) is 9.97 Å². The Morgan fingerprint density at radius 3 is 2.24 bits per heavy atom. The molecule has 7 rings (SSSR count). The molecule has 2 N–H and O–H groups in total. The number of benzene rings is 3. The monoisotopic (exact) mass is 653 g/mol. The highest BCUT2D eigenvalue weighted by atomic mass is 35.5. The molecule has 1 aromatic heterocycles. The van der Waals surface area contributed by atoms with Gasteiger partial charge in [0.25, 0.3) is 0 Å². The van der Waals surface area contributed by atoms with E-state index in [1.807, 2.05) is 12.1 Å². The van der Waals surface area contributed by atoms with Crippen LogP contribution in [0, 0.1) is 0 Å². The van der Waals surface area contributed by atoms with Gasteiger partial charge in [0.2, 0.25) is 5.95 Å². The second-order valence-corrected chi connectivity index (χ2v) is 13.2. The Bertz CT molecular complexity index is 1660. The third-order valence-corrected chi connectivity index (χ3v) is 10.1. The minimum atomic E-state index is -0.123. The molecule has 8 nitrogen and oxygen atoms in total. The molecule has 3 aliphatic heterocycles. The minimum absolute atomic E-state index is 0.123. The number of thiocarbonyl (C=S) groups is 1. The summed E-state index contributed by atoms with van der Waals surface area (Å²) in [6, 6.07) is 29.6. The topological polar surface area (TPSA) is 68.8 Å². The molecule has 0 unspecified atom stereocenters. The lowest BCUT2D eigenvalue weighted by Crippen LogP contribution is -2.47. The number of ether oxygens (including phenoxy) is 1. The predicted octanol–water partition coefficient (Wildman–Crippen LogP) is 6.05. The fourth-order valence-corrected chi connectivity index (χ4v) is 7.22. The van der Waals surface area contributed by atoms with Crippen LogP contribution < -0.4 is 25.3 Å². The van der Waals surface area contributed by atoms with E-state index in [0.717, 1.165) is 75.2 Å². The summed E-state index contributed by atoms with van der Waals surface area (Å²) in [7, 11) is 0. The van der Waals surface area contributed by atoms with E-state index in [4.69, 9.17) is 38.5 Å². The fourth-order valence-electron chi connectivity index (χ4n) is 6.87. The zero-order valence-electron chi connectivity index (χ0n) is 26.0. The van der Waals surface area contributed by atoms with Crippen LogP contribution in [0.25, 0.3) is 0 Å². The summed E-state index contributed by atoms with van der Waals surface area (Å²) in [6.07, 6.45) is 2.78. The Labute approximate surface area is 281 Å². The van der Waals surface area contributed by atoms with Gasteiger partial charge in [-0.05, 0) is 72.4 Å². The van der Waals surface area contributed by atoms with E-state index >= 15 is 0 Å².